The normalized spacial score (nSPS) is 17.0. The molecule has 0 aromatic heterocycles. The number of benzene rings is 2. The first-order valence-electron chi connectivity index (χ1n) is 10.5. The highest BCUT2D eigenvalue weighted by atomic mass is 16.6. The van der Waals surface area contributed by atoms with Crippen molar-refractivity contribution >= 4 is 18.2 Å². The molecule has 0 radical (unpaired) electrons. The Hall–Kier alpha value is -3.61. The van der Waals surface area contributed by atoms with E-state index in [0.717, 1.165) is 16.7 Å². The number of aliphatic imine (C=N–C) groups is 1. The SMILES string of the molecule is COC(=O)c1cc(-c2ccc(OC)cc2CC2(C(=O)OC(C)(C)C)C=CC=N2)ccc1OC. The molecule has 0 spiro atoms. The summed E-state index contributed by atoms with van der Waals surface area (Å²) in [5.74, 6) is 0.117. The summed E-state index contributed by atoms with van der Waals surface area (Å²) in [4.78, 5) is 29.9. The highest BCUT2D eigenvalue weighted by Crippen LogP contribution is 2.36. The van der Waals surface area contributed by atoms with Gasteiger partial charge >= 0.3 is 11.9 Å². The van der Waals surface area contributed by atoms with Crippen LogP contribution in [0.3, 0.4) is 0 Å². The Labute approximate surface area is 194 Å². The molecule has 7 heteroatoms. The largest absolute Gasteiger partial charge is 0.497 e. The average molecular weight is 452 g/mol. The first-order chi connectivity index (χ1) is 15.6. The van der Waals surface area contributed by atoms with Crippen molar-refractivity contribution in [1.29, 1.82) is 0 Å². The van der Waals surface area contributed by atoms with E-state index in [1.165, 1.54) is 14.2 Å². The zero-order valence-electron chi connectivity index (χ0n) is 19.8. The molecule has 1 aliphatic heterocycles. The van der Waals surface area contributed by atoms with Crippen molar-refractivity contribution in [2.24, 2.45) is 4.99 Å². The van der Waals surface area contributed by atoms with Crippen molar-refractivity contribution in [1.82, 2.24) is 0 Å². The molecule has 0 fully saturated rings. The van der Waals surface area contributed by atoms with E-state index in [1.54, 1.807) is 37.6 Å². The van der Waals surface area contributed by atoms with E-state index in [1.807, 2.05) is 45.0 Å². The molecule has 0 amide bonds. The Morgan fingerprint density at radius 3 is 2.33 bits per heavy atom. The number of carbonyl (C=O) groups is 2. The van der Waals surface area contributed by atoms with Gasteiger partial charge in [0.25, 0.3) is 0 Å². The fourth-order valence-corrected chi connectivity index (χ4v) is 3.65. The minimum atomic E-state index is -1.19. The van der Waals surface area contributed by atoms with Crippen molar-refractivity contribution in [3.63, 3.8) is 0 Å². The number of esters is 2. The van der Waals surface area contributed by atoms with Crippen LogP contribution in [0.1, 0.15) is 36.7 Å². The number of allylic oxidation sites excluding steroid dienone is 1. The number of ether oxygens (including phenoxy) is 4. The molecule has 174 valence electrons. The van der Waals surface area contributed by atoms with Gasteiger partial charge < -0.3 is 18.9 Å². The molecule has 1 atom stereocenters. The van der Waals surface area contributed by atoms with E-state index in [4.69, 9.17) is 18.9 Å². The minimum Gasteiger partial charge on any atom is -0.497 e. The zero-order chi connectivity index (χ0) is 24.2. The van der Waals surface area contributed by atoms with Gasteiger partial charge in [-0.25, -0.2) is 9.59 Å². The lowest BCUT2D eigenvalue weighted by Gasteiger charge is -2.29. The fraction of sp³-hybridized carbons (Fsp3) is 0.346. The van der Waals surface area contributed by atoms with Crippen LogP contribution in [0, 0.1) is 0 Å². The molecular weight excluding hydrogens is 422 g/mol. The van der Waals surface area contributed by atoms with Crippen LogP contribution in [0.25, 0.3) is 11.1 Å². The first-order valence-corrected chi connectivity index (χ1v) is 10.5. The van der Waals surface area contributed by atoms with Crippen LogP contribution in [0.5, 0.6) is 11.5 Å². The molecule has 1 heterocycles. The lowest BCUT2D eigenvalue weighted by Crippen LogP contribution is -2.41. The summed E-state index contributed by atoms with van der Waals surface area (Å²) in [5, 5.41) is 0. The van der Waals surface area contributed by atoms with Gasteiger partial charge in [0.1, 0.15) is 22.7 Å². The van der Waals surface area contributed by atoms with Gasteiger partial charge in [0.05, 0.1) is 21.3 Å². The van der Waals surface area contributed by atoms with E-state index in [0.29, 0.717) is 17.1 Å². The molecule has 7 nitrogen and oxygen atoms in total. The third kappa shape index (κ3) is 5.25. The number of carbonyl (C=O) groups excluding carboxylic acids is 2. The third-order valence-corrected chi connectivity index (χ3v) is 5.20. The first kappa shape index (κ1) is 24.0. The number of rotatable bonds is 7. The predicted molar refractivity (Wildman–Crippen MR) is 126 cm³/mol. The van der Waals surface area contributed by atoms with E-state index in [2.05, 4.69) is 4.99 Å². The van der Waals surface area contributed by atoms with Crippen LogP contribution in [-0.4, -0.2) is 50.6 Å². The van der Waals surface area contributed by atoms with E-state index in [-0.39, 0.29) is 6.42 Å². The monoisotopic (exact) mass is 451 g/mol. The molecule has 0 N–H and O–H groups in total. The van der Waals surface area contributed by atoms with Gasteiger partial charge in [-0.15, -0.1) is 0 Å². The van der Waals surface area contributed by atoms with Gasteiger partial charge in [-0.2, -0.15) is 0 Å². The molecule has 0 aliphatic carbocycles. The molecule has 0 bridgehead atoms. The lowest BCUT2D eigenvalue weighted by atomic mass is 9.87. The molecule has 0 saturated heterocycles. The Morgan fingerprint density at radius 1 is 1.00 bits per heavy atom. The topological polar surface area (TPSA) is 83.4 Å². The number of nitrogens with zero attached hydrogens (tertiary/aromatic N) is 1. The van der Waals surface area contributed by atoms with Gasteiger partial charge in [0.15, 0.2) is 5.54 Å². The average Bonchev–Trinajstić information content (AvgIpc) is 3.26. The summed E-state index contributed by atoms with van der Waals surface area (Å²) in [6, 6.07) is 10.9. The number of hydrogen-bond acceptors (Lipinski definition) is 7. The second-order valence-corrected chi connectivity index (χ2v) is 8.67. The van der Waals surface area contributed by atoms with Crippen molar-refractivity contribution in [3.05, 3.63) is 59.7 Å². The summed E-state index contributed by atoms with van der Waals surface area (Å²) in [7, 11) is 4.40. The maximum absolute atomic E-state index is 13.2. The molecule has 33 heavy (non-hydrogen) atoms. The van der Waals surface area contributed by atoms with Gasteiger partial charge in [-0.1, -0.05) is 12.1 Å². The van der Waals surface area contributed by atoms with Gasteiger partial charge in [-0.05, 0) is 73.9 Å². The molecule has 2 aromatic rings. The third-order valence-electron chi connectivity index (χ3n) is 5.20. The second-order valence-electron chi connectivity index (χ2n) is 8.67. The van der Waals surface area contributed by atoms with Crippen molar-refractivity contribution in [2.75, 3.05) is 21.3 Å². The Bertz CT molecular complexity index is 1100. The maximum Gasteiger partial charge on any atom is 0.341 e. The van der Waals surface area contributed by atoms with Crippen molar-refractivity contribution in [2.45, 2.75) is 38.3 Å². The Morgan fingerprint density at radius 2 is 1.76 bits per heavy atom. The van der Waals surface area contributed by atoms with Crippen molar-refractivity contribution in [3.8, 4) is 22.6 Å². The fourth-order valence-electron chi connectivity index (χ4n) is 3.65. The van der Waals surface area contributed by atoms with Crippen LogP contribution in [0.4, 0.5) is 0 Å². The number of hydrogen-bond donors (Lipinski definition) is 0. The molecule has 1 unspecified atom stereocenters. The quantitative estimate of drug-likeness (QED) is 0.580. The standard InChI is InChI=1S/C26H29NO6/c1-25(2,3)33-24(29)26(12-7-13-27-26)16-18-14-19(30-4)9-10-20(18)17-8-11-22(31-5)21(15-17)23(28)32-6/h7-15H,16H2,1-6H3. The zero-order valence-corrected chi connectivity index (χ0v) is 19.8. The van der Waals surface area contributed by atoms with Crippen molar-refractivity contribution < 1.29 is 28.5 Å². The predicted octanol–water partition coefficient (Wildman–Crippen LogP) is 4.42. The molecule has 1 aliphatic rings. The van der Waals surface area contributed by atoms with Crippen LogP contribution in [0.15, 0.2) is 53.5 Å². The maximum atomic E-state index is 13.2. The molecule has 0 saturated carbocycles. The van der Waals surface area contributed by atoms with Gasteiger partial charge in [-0.3, -0.25) is 4.99 Å². The summed E-state index contributed by atoms with van der Waals surface area (Å²) in [6.45, 7) is 5.47. The molecule has 2 aromatic carbocycles. The van der Waals surface area contributed by atoms with E-state index in [9.17, 15) is 9.59 Å². The highest BCUT2D eigenvalue weighted by Gasteiger charge is 2.41. The lowest BCUT2D eigenvalue weighted by molar-refractivity contribution is -0.159. The van der Waals surface area contributed by atoms with E-state index < -0.39 is 23.1 Å². The summed E-state index contributed by atoms with van der Waals surface area (Å²) in [6.07, 6.45) is 5.35. The van der Waals surface area contributed by atoms with Crippen LogP contribution < -0.4 is 9.47 Å². The van der Waals surface area contributed by atoms with Gasteiger partial charge in [0.2, 0.25) is 0 Å². The Kier molecular flexibility index (Phi) is 6.91. The summed E-state index contributed by atoms with van der Waals surface area (Å²) < 4.78 is 21.3. The van der Waals surface area contributed by atoms with Gasteiger partial charge in [0, 0.05) is 12.6 Å². The summed E-state index contributed by atoms with van der Waals surface area (Å²) >= 11 is 0. The molecule has 3 rings (SSSR count). The van der Waals surface area contributed by atoms with E-state index >= 15 is 0 Å². The Balaban J connectivity index is 2.11. The minimum absolute atomic E-state index is 0.251. The smallest absolute Gasteiger partial charge is 0.341 e. The second kappa shape index (κ2) is 9.48. The summed E-state index contributed by atoms with van der Waals surface area (Å²) in [5.41, 5.74) is 0.857. The molecular formula is C26H29NO6. The van der Waals surface area contributed by atoms with Crippen LogP contribution in [-0.2, 0) is 20.7 Å². The number of methoxy groups -OCH3 is 3. The highest BCUT2D eigenvalue weighted by molar-refractivity contribution is 5.95. The van der Waals surface area contributed by atoms with Crippen LogP contribution in [0.2, 0.25) is 0 Å². The van der Waals surface area contributed by atoms with Crippen LogP contribution >= 0.6 is 0 Å².